The van der Waals surface area contributed by atoms with Crippen LogP contribution in [0, 0.1) is 5.92 Å². The molecule has 0 heterocycles. The van der Waals surface area contributed by atoms with Crippen molar-refractivity contribution in [3.63, 3.8) is 0 Å². The first-order valence-corrected chi connectivity index (χ1v) is 9.62. The Kier molecular flexibility index (Phi) is 8.75. The molecule has 0 amide bonds. The van der Waals surface area contributed by atoms with Crippen LogP contribution < -0.4 is 4.74 Å². The first-order valence-electron chi connectivity index (χ1n) is 9.22. The van der Waals surface area contributed by atoms with E-state index in [0.29, 0.717) is 22.6 Å². The van der Waals surface area contributed by atoms with Crippen molar-refractivity contribution >= 4 is 46.6 Å². The van der Waals surface area contributed by atoms with Gasteiger partial charge in [-0.2, -0.15) is 4.99 Å². The minimum absolute atomic E-state index is 0.133. The predicted octanol–water partition coefficient (Wildman–Crippen LogP) is 3.56. The lowest BCUT2D eigenvalue weighted by Gasteiger charge is -2.11. The number of hydrogen-bond donors (Lipinski definition) is 2. The van der Waals surface area contributed by atoms with Crippen LogP contribution in [-0.2, 0) is 14.4 Å². The molecule has 2 N–H and O–H groups in total. The van der Waals surface area contributed by atoms with E-state index in [0.717, 1.165) is 0 Å². The number of nitrogens with zero attached hydrogens (tertiary/aromatic N) is 1. The van der Waals surface area contributed by atoms with E-state index in [9.17, 15) is 19.2 Å². The number of rotatable bonds is 12. The summed E-state index contributed by atoms with van der Waals surface area (Å²) in [5, 5.41) is 20.0. The highest BCUT2D eigenvalue weighted by atomic mass is 32.1. The minimum Gasteiger partial charge on any atom is -0.486 e. The van der Waals surface area contributed by atoms with Crippen LogP contribution in [0.15, 0.2) is 53.5 Å². The molecule has 31 heavy (non-hydrogen) atoms. The number of ketones is 2. The van der Waals surface area contributed by atoms with Crippen molar-refractivity contribution in [3.8, 4) is 5.75 Å². The van der Waals surface area contributed by atoms with Gasteiger partial charge in [-0.15, -0.1) is 0 Å². The van der Waals surface area contributed by atoms with Gasteiger partial charge in [0, 0.05) is 24.0 Å². The van der Waals surface area contributed by atoms with E-state index in [4.69, 9.17) is 14.9 Å². The number of hydrogen-bond acceptors (Lipinski definition) is 7. The molecule has 1 atom stereocenters. The van der Waals surface area contributed by atoms with Gasteiger partial charge in [-0.25, -0.2) is 0 Å². The van der Waals surface area contributed by atoms with Crippen molar-refractivity contribution in [1.29, 1.82) is 0 Å². The number of benzene rings is 2. The Morgan fingerprint density at radius 3 is 2.06 bits per heavy atom. The maximum atomic E-state index is 12.5. The maximum absolute atomic E-state index is 12.5. The van der Waals surface area contributed by atoms with Gasteiger partial charge in [0.15, 0.2) is 11.6 Å². The molecule has 0 aromatic heterocycles. The van der Waals surface area contributed by atoms with Crippen molar-refractivity contribution in [3.05, 3.63) is 59.7 Å². The summed E-state index contributed by atoms with van der Waals surface area (Å²) in [6.45, 7) is -0.355. The monoisotopic (exact) mass is 441 g/mol. The number of carboxylic acid groups (broad SMARTS) is 2. The molecule has 0 radical (unpaired) electrons. The van der Waals surface area contributed by atoms with Crippen LogP contribution in [0.2, 0.25) is 0 Å². The second-order valence-corrected chi connectivity index (χ2v) is 6.79. The predicted molar refractivity (Wildman–Crippen MR) is 114 cm³/mol. The Balaban J connectivity index is 1.92. The topological polar surface area (TPSA) is 130 Å². The summed E-state index contributed by atoms with van der Waals surface area (Å²) in [5.74, 6) is -3.75. The number of isothiocyanates is 1. The standard InChI is InChI=1S/C22H19NO7S/c24-18(11-16(22(28)29)5-10-20(25)26)12-30-19-8-3-15(4-9-19)21(27)14-1-6-17(7-2-14)23-13-31/h1-4,6-9,16H,5,10-12H2,(H,25,26)(H,28,29). The van der Waals surface area contributed by atoms with E-state index in [1.807, 2.05) is 0 Å². The van der Waals surface area contributed by atoms with Crippen LogP contribution in [0.1, 0.15) is 35.2 Å². The molecule has 0 aliphatic heterocycles. The summed E-state index contributed by atoms with van der Waals surface area (Å²) >= 11 is 4.53. The van der Waals surface area contributed by atoms with Gasteiger partial charge in [0.1, 0.15) is 12.4 Å². The average Bonchev–Trinajstić information content (AvgIpc) is 2.75. The Labute approximate surface area is 183 Å². The van der Waals surface area contributed by atoms with E-state index in [1.54, 1.807) is 36.4 Å². The Bertz CT molecular complexity index is 1010. The summed E-state index contributed by atoms with van der Waals surface area (Å²) in [6, 6.07) is 12.7. The van der Waals surface area contributed by atoms with Crippen LogP contribution in [0.3, 0.4) is 0 Å². The van der Waals surface area contributed by atoms with E-state index < -0.39 is 23.6 Å². The molecule has 0 aliphatic rings. The molecular weight excluding hydrogens is 422 g/mol. The second kappa shape index (κ2) is 11.5. The SMILES string of the molecule is O=C(O)CCC(CC(=O)COc1ccc(C(=O)c2ccc(N=C=S)cc2)cc1)C(=O)O. The zero-order valence-corrected chi connectivity index (χ0v) is 17.1. The number of carbonyl (C=O) groups excluding carboxylic acids is 2. The highest BCUT2D eigenvalue weighted by Gasteiger charge is 2.22. The third-order valence-electron chi connectivity index (χ3n) is 4.35. The Hall–Kier alpha value is -3.68. The van der Waals surface area contributed by atoms with Gasteiger partial charge in [0.05, 0.1) is 16.8 Å². The lowest BCUT2D eigenvalue weighted by Crippen LogP contribution is -2.22. The van der Waals surface area contributed by atoms with Crippen molar-refractivity contribution in [2.45, 2.75) is 19.3 Å². The molecule has 0 saturated carbocycles. The van der Waals surface area contributed by atoms with Crippen LogP contribution >= 0.6 is 12.2 Å². The van der Waals surface area contributed by atoms with E-state index in [-0.39, 0.29) is 31.7 Å². The molecule has 0 spiro atoms. The third kappa shape index (κ3) is 7.58. The number of Topliss-reactive ketones (excluding diaryl/α,β-unsaturated/α-hetero) is 1. The van der Waals surface area contributed by atoms with Crippen molar-refractivity contribution in [2.24, 2.45) is 10.9 Å². The molecule has 8 nitrogen and oxygen atoms in total. The van der Waals surface area contributed by atoms with Crippen molar-refractivity contribution in [1.82, 2.24) is 0 Å². The highest BCUT2D eigenvalue weighted by Crippen LogP contribution is 2.19. The van der Waals surface area contributed by atoms with Gasteiger partial charge < -0.3 is 14.9 Å². The molecule has 160 valence electrons. The molecule has 0 bridgehead atoms. The zero-order chi connectivity index (χ0) is 22.8. The van der Waals surface area contributed by atoms with E-state index in [2.05, 4.69) is 22.4 Å². The van der Waals surface area contributed by atoms with Crippen LogP contribution in [0.25, 0.3) is 0 Å². The van der Waals surface area contributed by atoms with Crippen LogP contribution in [0.5, 0.6) is 5.75 Å². The smallest absolute Gasteiger partial charge is 0.306 e. The fraction of sp³-hybridized carbons (Fsp3) is 0.227. The number of thiocarbonyl (C=S) groups is 1. The number of aliphatic carboxylic acids is 2. The van der Waals surface area contributed by atoms with E-state index in [1.165, 1.54) is 12.1 Å². The lowest BCUT2D eigenvalue weighted by atomic mass is 9.97. The highest BCUT2D eigenvalue weighted by molar-refractivity contribution is 7.78. The first-order chi connectivity index (χ1) is 14.8. The molecule has 0 aliphatic carbocycles. The molecule has 2 rings (SSSR count). The summed E-state index contributed by atoms with van der Waals surface area (Å²) in [6.07, 6.45) is -0.780. The van der Waals surface area contributed by atoms with Gasteiger partial charge >= 0.3 is 11.9 Å². The van der Waals surface area contributed by atoms with Crippen LogP contribution in [0.4, 0.5) is 5.69 Å². The lowest BCUT2D eigenvalue weighted by molar-refractivity contribution is -0.145. The number of carbonyl (C=O) groups is 4. The van der Waals surface area contributed by atoms with Gasteiger partial charge in [-0.3, -0.25) is 19.2 Å². The molecule has 2 aromatic carbocycles. The van der Waals surface area contributed by atoms with Gasteiger partial charge in [-0.1, -0.05) is 0 Å². The second-order valence-electron chi connectivity index (χ2n) is 6.60. The summed E-state index contributed by atoms with van der Waals surface area (Å²) in [7, 11) is 0. The zero-order valence-electron chi connectivity index (χ0n) is 16.3. The van der Waals surface area contributed by atoms with Crippen LogP contribution in [-0.4, -0.2) is 45.5 Å². The minimum atomic E-state index is -1.22. The normalized spacial score (nSPS) is 11.1. The molecule has 9 heteroatoms. The first kappa shape index (κ1) is 23.6. The quantitative estimate of drug-likeness (QED) is 0.290. The summed E-state index contributed by atoms with van der Waals surface area (Å²) in [5.41, 5.74) is 1.48. The molecular formula is C22H19NO7S. The number of carboxylic acids is 2. The largest absolute Gasteiger partial charge is 0.486 e. The van der Waals surface area contributed by atoms with Gasteiger partial charge in [0.25, 0.3) is 0 Å². The Morgan fingerprint density at radius 1 is 0.968 bits per heavy atom. The van der Waals surface area contributed by atoms with Gasteiger partial charge in [0.2, 0.25) is 0 Å². The number of aliphatic imine (C=N–C) groups is 1. The molecule has 0 fully saturated rings. The average molecular weight is 441 g/mol. The summed E-state index contributed by atoms with van der Waals surface area (Å²) in [4.78, 5) is 50.1. The Morgan fingerprint density at radius 2 is 1.55 bits per heavy atom. The molecule has 1 unspecified atom stereocenters. The van der Waals surface area contributed by atoms with E-state index >= 15 is 0 Å². The fourth-order valence-corrected chi connectivity index (χ4v) is 2.82. The molecule has 2 aromatic rings. The number of ether oxygens (including phenoxy) is 1. The third-order valence-corrected chi connectivity index (χ3v) is 4.44. The van der Waals surface area contributed by atoms with Gasteiger partial charge in [-0.05, 0) is 67.2 Å². The van der Waals surface area contributed by atoms with Crippen molar-refractivity contribution in [2.75, 3.05) is 6.61 Å². The fourth-order valence-electron chi connectivity index (χ4n) is 2.72. The van der Waals surface area contributed by atoms with Crippen molar-refractivity contribution < 1.29 is 34.1 Å². The molecule has 0 saturated heterocycles. The summed E-state index contributed by atoms with van der Waals surface area (Å²) < 4.78 is 5.36. The maximum Gasteiger partial charge on any atom is 0.306 e.